The van der Waals surface area contributed by atoms with E-state index >= 15 is 0 Å². The molecule has 2 aliphatic rings. The lowest BCUT2D eigenvalue weighted by molar-refractivity contribution is 0.00578. The number of hydrogen-bond donors (Lipinski definition) is 0. The second-order valence-corrected chi connectivity index (χ2v) is 8.56. The molecule has 2 aliphatic heterocycles. The first-order valence-corrected chi connectivity index (χ1v) is 8.36. The van der Waals surface area contributed by atoms with Crippen molar-refractivity contribution in [2.75, 3.05) is 6.54 Å². The minimum absolute atomic E-state index is 0.107. The van der Waals surface area contributed by atoms with Gasteiger partial charge in [-0.3, -0.25) is 0 Å². The van der Waals surface area contributed by atoms with Gasteiger partial charge in [-0.15, -0.1) is 0 Å². The highest BCUT2D eigenvalue weighted by molar-refractivity contribution is 6.54. The highest BCUT2D eigenvalue weighted by Gasteiger charge is 2.53. The third kappa shape index (κ3) is 3.91. The summed E-state index contributed by atoms with van der Waals surface area (Å²) >= 11 is 0. The van der Waals surface area contributed by atoms with Gasteiger partial charge in [0.1, 0.15) is 5.60 Å². The van der Waals surface area contributed by atoms with Crippen LogP contribution in [-0.4, -0.2) is 47.5 Å². The van der Waals surface area contributed by atoms with Crippen LogP contribution in [-0.2, 0) is 14.0 Å². The fraction of sp³-hybridized carbons (Fsp3) is 0.824. The maximum absolute atomic E-state index is 12.4. The van der Waals surface area contributed by atoms with Crippen LogP contribution in [0.4, 0.5) is 4.79 Å². The van der Waals surface area contributed by atoms with Crippen molar-refractivity contribution < 1.29 is 18.8 Å². The van der Waals surface area contributed by atoms with Gasteiger partial charge in [0.2, 0.25) is 0 Å². The van der Waals surface area contributed by atoms with E-state index in [1.165, 1.54) is 0 Å². The lowest BCUT2D eigenvalue weighted by atomic mass is 9.75. The molecule has 0 spiro atoms. The van der Waals surface area contributed by atoms with E-state index in [2.05, 4.69) is 6.08 Å². The topological polar surface area (TPSA) is 48.0 Å². The van der Waals surface area contributed by atoms with E-state index in [4.69, 9.17) is 14.0 Å². The first-order chi connectivity index (χ1) is 10.3. The highest BCUT2D eigenvalue weighted by atomic mass is 16.7. The molecule has 0 bridgehead atoms. The third-order valence-corrected chi connectivity index (χ3v) is 4.79. The molecule has 5 nitrogen and oxygen atoms in total. The standard InChI is InChI=1S/C17H30BNO4/c1-12-9-10-13(11-19(12)14(20)21-15(2,3)4)18-22-16(5,6)17(7,8)23-18/h10,12H,9,11H2,1-8H3/t12-/m1/s1. The lowest BCUT2D eigenvalue weighted by Crippen LogP contribution is -2.47. The maximum Gasteiger partial charge on any atom is 0.492 e. The Kier molecular flexibility index (Phi) is 4.64. The quantitative estimate of drug-likeness (QED) is 0.692. The van der Waals surface area contributed by atoms with Crippen molar-refractivity contribution in [3.63, 3.8) is 0 Å². The van der Waals surface area contributed by atoms with Crippen LogP contribution < -0.4 is 0 Å². The predicted molar refractivity (Wildman–Crippen MR) is 91.2 cm³/mol. The Hall–Kier alpha value is -1.01. The zero-order valence-corrected chi connectivity index (χ0v) is 15.7. The van der Waals surface area contributed by atoms with Gasteiger partial charge in [-0.2, -0.15) is 0 Å². The molecular formula is C17H30BNO4. The molecule has 130 valence electrons. The molecule has 0 aliphatic carbocycles. The average molecular weight is 323 g/mol. The number of ether oxygens (including phenoxy) is 1. The van der Waals surface area contributed by atoms with E-state index in [-0.39, 0.29) is 23.3 Å². The molecular weight excluding hydrogens is 293 g/mol. The van der Waals surface area contributed by atoms with Crippen molar-refractivity contribution in [1.29, 1.82) is 0 Å². The van der Waals surface area contributed by atoms with E-state index in [0.717, 1.165) is 11.9 Å². The Morgan fingerprint density at radius 1 is 1.26 bits per heavy atom. The zero-order valence-electron chi connectivity index (χ0n) is 15.7. The Morgan fingerprint density at radius 3 is 2.26 bits per heavy atom. The van der Waals surface area contributed by atoms with Crippen LogP contribution in [0.2, 0.25) is 0 Å². The van der Waals surface area contributed by atoms with E-state index in [0.29, 0.717) is 6.54 Å². The van der Waals surface area contributed by atoms with Crippen LogP contribution in [0, 0.1) is 0 Å². The minimum atomic E-state index is -0.498. The monoisotopic (exact) mass is 323 g/mol. The largest absolute Gasteiger partial charge is 0.492 e. The van der Waals surface area contributed by atoms with Gasteiger partial charge in [0.15, 0.2) is 0 Å². The van der Waals surface area contributed by atoms with Crippen LogP contribution in [0.5, 0.6) is 0 Å². The molecule has 0 N–H and O–H groups in total. The van der Waals surface area contributed by atoms with Crippen LogP contribution in [0.25, 0.3) is 0 Å². The first kappa shape index (κ1) is 18.3. The number of hydrogen-bond acceptors (Lipinski definition) is 4. The van der Waals surface area contributed by atoms with Gasteiger partial charge in [-0.05, 0) is 67.3 Å². The lowest BCUT2D eigenvalue weighted by Gasteiger charge is -2.35. The molecule has 0 aromatic heterocycles. The molecule has 0 aromatic rings. The summed E-state index contributed by atoms with van der Waals surface area (Å²) in [7, 11) is -0.405. The second kappa shape index (κ2) is 5.81. The average Bonchev–Trinajstić information content (AvgIpc) is 2.56. The van der Waals surface area contributed by atoms with Gasteiger partial charge in [0.25, 0.3) is 0 Å². The molecule has 0 unspecified atom stereocenters. The summed E-state index contributed by atoms with van der Waals surface area (Å²) < 4.78 is 17.7. The predicted octanol–water partition coefficient (Wildman–Crippen LogP) is 3.57. The van der Waals surface area contributed by atoms with E-state index in [1.807, 2.05) is 55.4 Å². The number of amides is 1. The smallest absolute Gasteiger partial charge is 0.444 e. The van der Waals surface area contributed by atoms with Crippen LogP contribution >= 0.6 is 0 Å². The maximum atomic E-state index is 12.4. The first-order valence-electron chi connectivity index (χ1n) is 8.36. The summed E-state index contributed by atoms with van der Waals surface area (Å²) in [4.78, 5) is 14.2. The number of carbonyl (C=O) groups is 1. The summed E-state index contributed by atoms with van der Waals surface area (Å²) in [6.45, 7) is 16.3. The molecule has 1 fully saturated rings. The van der Waals surface area contributed by atoms with E-state index < -0.39 is 12.7 Å². The molecule has 6 heteroatoms. The third-order valence-electron chi connectivity index (χ3n) is 4.79. The van der Waals surface area contributed by atoms with Crippen LogP contribution in [0.15, 0.2) is 11.5 Å². The van der Waals surface area contributed by atoms with Crippen molar-refractivity contribution in [3.8, 4) is 0 Å². The van der Waals surface area contributed by atoms with Crippen molar-refractivity contribution >= 4 is 13.2 Å². The fourth-order valence-electron chi connectivity index (χ4n) is 2.60. The zero-order chi connectivity index (χ0) is 17.6. The number of rotatable bonds is 1. The Morgan fingerprint density at radius 2 is 1.78 bits per heavy atom. The summed E-state index contributed by atoms with van der Waals surface area (Å²) in [5.41, 5.74) is -0.258. The summed E-state index contributed by atoms with van der Waals surface area (Å²) in [6.07, 6.45) is 2.62. The van der Waals surface area contributed by atoms with Crippen LogP contribution in [0.1, 0.15) is 61.8 Å². The van der Waals surface area contributed by atoms with Gasteiger partial charge in [0.05, 0.1) is 11.2 Å². The summed E-state index contributed by atoms with van der Waals surface area (Å²) in [5, 5.41) is 0. The van der Waals surface area contributed by atoms with E-state index in [9.17, 15) is 4.79 Å². The molecule has 2 rings (SSSR count). The fourth-order valence-corrected chi connectivity index (χ4v) is 2.60. The molecule has 0 aromatic carbocycles. The molecule has 23 heavy (non-hydrogen) atoms. The van der Waals surface area contributed by atoms with E-state index in [1.54, 1.807) is 4.90 Å². The Balaban J connectivity index is 2.10. The van der Waals surface area contributed by atoms with Gasteiger partial charge in [-0.25, -0.2) is 4.79 Å². The molecule has 2 heterocycles. The van der Waals surface area contributed by atoms with Gasteiger partial charge < -0.3 is 18.9 Å². The SMILES string of the molecule is C[C@@H]1CC=C(B2OC(C)(C)C(C)(C)O2)CN1C(=O)OC(C)(C)C. The Bertz CT molecular complexity index is 491. The highest BCUT2D eigenvalue weighted by Crippen LogP contribution is 2.39. The van der Waals surface area contributed by atoms with Crippen molar-refractivity contribution in [1.82, 2.24) is 4.90 Å². The summed E-state index contributed by atoms with van der Waals surface area (Å²) in [6, 6.07) is 0.107. The van der Waals surface area contributed by atoms with Crippen molar-refractivity contribution in [2.24, 2.45) is 0 Å². The Labute approximate surface area is 140 Å². The second-order valence-electron chi connectivity index (χ2n) is 8.56. The van der Waals surface area contributed by atoms with Gasteiger partial charge in [0, 0.05) is 12.6 Å². The van der Waals surface area contributed by atoms with Crippen molar-refractivity contribution in [2.45, 2.75) is 84.7 Å². The number of carbonyl (C=O) groups excluding carboxylic acids is 1. The minimum Gasteiger partial charge on any atom is -0.444 e. The molecule has 1 amide bonds. The van der Waals surface area contributed by atoms with Crippen LogP contribution in [0.3, 0.4) is 0 Å². The molecule has 0 saturated carbocycles. The molecule has 1 atom stereocenters. The molecule has 1 saturated heterocycles. The number of nitrogens with zero attached hydrogens (tertiary/aromatic N) is 1. The van der Waals surface area contributed by atoms with Crippen molar-refractivity contribution in [3.05, 3.63) is 11.5 Å². The molecule has 0 radical (unpaired) electrons. The van der Waals surface area contributed by atoms with Gasteiger partial charge in [-0.1, -0.05) is 6.08 Å². The summed E-state index contributed by atoms with van der Waals surface area (Å²) in [5.74, 6) is 0. The van der Waals surface area contributed by atoms with Gasteiger partial charge >= 0.3 is 13.2 Å². The normalized spacial score (nSPS) is 27.0.